The van der Waals surface area contributed by atoms with Crippen molar-refractivity contribution in [2.45, 2.75) is 12.5 Å². The maximum atomic E-state index is 6.14. The molecule has 0 aliphatic heterocycles. The van der Waals surface area contributed by atoms with Crippen LogP contribution in [0.1, 0.15) is 17.2 Å². The summed E-state index contributed by atoms with van der Waals surface area (Å²) in [7, 11) is 0. The van der Waals surface area contributed by atoms with Crippen molar-refractivity contribution in [1.29, 1.82) is 0 Å². The van der Waals surface area contributed by atoms with Crippen LogP contribution in [0.4, 0.5) is 0 Å². The first-order valence-corrected chi connectivity index (χ1v) is 5.68. The molecule has 0 fully saturated rings. The zero-order valence-corrected chi connectivity index (χ0v) is 9.69. The van der Waals surface area contributed by atoms with Crippen LogP contribution in [-0.2, 0) is 6.42 Å². The van der Waals surface area contributed by atoms with E-state index in [0.29, 0.717) is 0 Å². The Balaban J connectivity index is 2.12. The molecule has 0 radical (unpaired) electrons. The van der Waals surface area contributed by atoms with Crippen LogP contribution in [0, 0.1) is 0 Å². The predicted octanol–water partition coefficient (Wildman–Crippen LogP) is 3.58. The summed E-state index contributed by atoms with van der Waals surface area (Å²) in [5.41, 5.74) is 8.46. The summed E-state index contributed by atoms with van der Waals surface area (Å²) in [4.78, 5) is 0. The SMILES string of the molecule is NC(Cc1ccccc1)c1cccc(Cl)c1. The number of benzene rings is 2. The fourth-order valence-corrected chi connectivity index (χ4v) is 1.92. The van der Waals surface area contributed by atoms with Gasteiger partial charge in [0.15, 0.2) is 0 Å². The molecule has 2 N–H and O–H groups in total. The van der Waals surface area contributed by atoms with Crippen molar-refractivity contribution in [2.75, 3.05) is 0 Å². The van der Waals surface area contributed by atoms with Gasteiger partial charge in [-0.25, -0.2) is 0 Å². The summed E-state index contributed by atoms with van der Waals surface area (Å²) in [6, 6.07) is 18.0. The highest BCUT2D eigenvalue weighted by atomic mass is 35.5. The topological polar surface area (TPSA) is 26.0 Å². The molecule has 2 aromatic carbocycles. The Kier molecular flexibility index (Phi) is 3.60. The third-order valence-corrected chi connectivity index (χ3v) is 2.81. The van der Waals surface area contributed by atoms with E-state index in [0.717, 1.165) is 17.0 Å². The van der Waals surface area contributed by atoms with Crippen LogP contribution in [0.25, 0.3) is 0 Å². The maximum Gasteiger partial charge on any atom is 0.0409 e. The standard InChI is InChI=1S/C14H14ClN/c15-13-8-4-7-12(10-13)14(16)9-11-5-2-1-3-6-11/h1-8,10,14H,9,16H2. The zero-order chi connectivity index (χ0) is 11.4. The Morgan fingerprint density at radius 3 is 2.44 bits per heavy atom. The van der Waals surface area contributed by atoms with E-state index in [-0.39, 0.29) is 6.04 Å². The molecule has 0 amide bonds. The predicted molar refractivity (Wildman–Crippen MR) is 68.5 cm³/mol. The Morgan fingerprint density at radius 2 is 1.75 bits per heavy atom. The second kappa shape index (κ2) is 5.15. The minimum atomic E-state index is 0.00102. The molecule has 0 heterocycles. The van der Waals surface area contributed by atoms with Gasteiger partial charge in [0.25, 0.3) is 0 Å². The van der Waals surface area contributed by atoms with Crippen LogP contribution in [0.15, 0.2) is 54.6 Å². The number of nitrogens with two attached hydrogens (primary N) is 1. The third-order valence-electron chi connectivity index (χ3n) is 2.58. The second-order valence-electron chi connectivity index (χ2n) is 3.85. The molecule has 0 spiro atoms. The van der Waals surface area contributed by atoms with Gasteiger partial charge < -0.3 is 5.73 Å². The number of hydrogen-bond donors (Lipinski definition) is 1. The lowest BCUT2D eigenvalue weighted by Crippen LogP contribution is -2.13. The smallest absolute Gasteiger partial charge is 0.0409 e. The van der Waals surface area contributed by atoms with E-state index in [1.165, 1.54) is 5.56 Å². The average molecular weight is 232 g/mol. The molecule has 16 heavy (non-hydrogen) atoms. The number of rotatable bonds is 3. The Bertz CT molecular complexity index is 453. The highest BCUT2D eigenvalue weighted by Gasteiger charge is 2.06. The largest absolute Gasteiger partial charge is 0.324 e. The van der Waals surface area contributed by atoms with Gasteiger partial charge in [-0.05, 0) is 29.7 Å². The lowest BCUT2D eigenvalue weighted by atomic mass is 10.00. The van der Waals surface area contributed by atoms with Crippen LogP contribution in [0.2, 0.25) is 5.02 Å². The van der Waals surface area contributed by atoms with Crippen molar-refractivity contribution in [3.8, 4) is 0 Å². The third kappa shape index (κ3) is 2.84. The van der Waals surface area contributed by atoms with Gasteiger partial charge in [-0.3, -0.25) is 0 Å². The highest BCUT2D eigenvalue weighted by Crippen LogP contribution is 2.19. The summed E-state index contributed by atoms with van der Waals surface area (Å²) in [5, 5.41) is 0.737. The minimum absolute atomic E-state index is 0.00102. The molecule has 2 rings (SSSR count). The normalized spacial score (nSPS) is 12.4. The summed E-state index contributed by atoms with van der Waals surface area (Å²) in [6.07, 6.45) is 0.835. The van der Waals surface area contributed by atoms with Crippen molar-refractivity contribution < 1.29 is 0 Å². The van der Waals surface area contributed by atoms with E-state index in [1.54, 1.807) is 0 Å². The van der Waals surface area contributed by atoms with Gasteiger partial charge in [-0.1, -0.05) is 54.1 Å². The van der Waals surface area contributed by atoms with Crippen molar-refractivity contribution in [1.82, 2.24) is 0 Å². The van der Waals surface area contributed by atoms with Gasteiger partial charge in [0, 0.05) is 11.1 Å². The fourth-order valence-electron chi connectivity index (χ4n) is 1.72. The maximum absolute atomic E-state index is 6.14. The first-order valence-electron chi connectivity index (χ1n) is 5.30. The lowest BCUT2D eigenvalue weighted by molar-refractivity contribution is 0.722. The van der Waals surface area contributed by atoms with Crippen molar-refractivity contribution in [3.63, 3.8) is 0 Å². The molecule has 0 saturated heterocycles. The summed E-state index contributed by atoms with van der Waals surface area (Å²) in [6.45, 7) is 0. The molecule has 2 aromatic rings. The molecule has 1 unspecified atom stereocenters. The molecular formula is C14H14ClN. The van der Waals surface area contributed by atoms with Gasteiger partial charge in [0.2, 0.25) is 0 Å². The van der Waals surface area contributed by atoms with Crippen molar-refractivity contribution in [2.24, 2.45) is 5.73 Å². The Morgan fingerprint density at radius 1 is 1.00 bits per heavy atom. The van der Waals surface area contributed by atoms with Crippen LogP contribution in [0.3, 0.4) is 0 Å². The van der Waals surface area contributed by atoms with Gasteiger partial charge >= 0.3 is 0 Å². The van der Waals surface area contributed by atoms with Gasteiger partial charge in [0.1, 0.15) is 0 Å². The second-order valence-corrected chi connectivity index (χ2v) is 4.29. The quantitative estimate of drug-likeness (QED) is 0.859. The molecule has 1 nitrogen and oxygen atoms in total. The van der Waals surface area contributed by atoms with E-state index in [4.69, 9.17) is 17.3 Å². The number of hydrogen-bond acceptors (Lipinski definition) is 1. The molecule has 1 atom stereocenters. The monoisotopic (exact) mass is 231 g/mol. The van der Waals surface area contributed by atoms with Crippen LogP contribution in [0.5, 0.6) is 0 Å². The van der Waals surface area contributed by atoms with E-state index < -0.39 is 0 Å². The zero-order valence-electron chi connectivity index (χ0n) is 8.94. The van der Waals surface area contributed by atoms with E-state index in [2.05, 4.69) is 12.1 Å². The van der Waals surface area contributed by atoms with Gasteiger partial charge in [0.05, 0.1) is 0 Å². The molecule has 0 aliphatic rings. The van der Waals surface area contributed by atoms with Crippen molar-refractivity contribution >= 4 is 11.6 Å². The van der Waals surface area contributed by atoms with Gasteiger partial charge in [-0.15, -0.1) is 0 Å². The molecular weight excluding hydrogens is 218 g/mol. The van der Waals surface area contributed by atoms with E-state index in [1.807, 2.05) is 42.5 Å². The van der Waals surface area contributed by atoms with E-state index >= 15 is 0 Å². The van der Waals surface area contributed by atoms with Crippen molar-refractivity contribution in [3.05, 3.63) is 70.7 Å². The first-order chi connectivity index (χ1) is 7.75. The lowest BCUT2D eigenvalue weighted by Gasteiger charge is -2.12. The minimum Gasteiger partial charge on any atom is -0.324 e. The molecule has 0 saturated carbocycles. The molecule has 2 heteroatoms. The van der Waals surface area contributed by atoms with Gasteiger partial charge in [-0.2, -0.15) is 0 Å². The molecule has 82 valence electrons. The summed E-state index contributed by atoms with van der Waals surface area (Å²) >= 11 is 5.94. The summed E-state index contributed by atoms with van der Waals surface area (Å²) < 4.78 is 0. The molecule has 0 aliphatic carbocycles. The van der Waals surface area contributed by atoms with Crippen LogP contribution < -0.4 is 5.73 Å². The van der Waals surface area contributed by atoms with Crippen LogP contribution >= 0.6 is 11.6 Å². The summed E-state index contributed by atoms with van der Waals surface area (Å²) in [5.74, 6) is 0. The Hall–Kier alpha value is -1.31. The van der Waals surface area contributed by atoms with E-state index in [9.17, 15) is 0 Å². The highest BCUT2D eigenvalue weighted by molar-refractivity contribution is 6.30. The first kappa shape index (κ1) is 11.2. The Labute approximate surface area is 101 Å². The fraction of sp³-hybridized carbons (Fsp3) is 0.143. The van der Waals surface area contributed by atoms with Crippen LogP contribution in [-0.4, -0.2) is 0 Å². The molecule has 0 aromatic heterocycles. The number of halogens is 1. The molecule has 0 bridgehead atoms. The average Bonchev–Trinajstić information content (AvgIpc) is 2.30.